The van der Waals surface area contributed by atoms with Crippen molar-refractivity contribution in [2.24, 2.45) is 0 Å². The van der Waals surface area contributed by atoms with Crippen LogP contribution in [0.15, 0.2) is 66.7 Å². The number of halogens is 2. The third-order valence-corrected chi connectivity index (χ3v) is 4.68. The lowest BCUT2D eigenvalue weighted by molar-refractivity contribution is 0.276. The van der Waals surface area contributed by atoms with Crippen molar-refractivity contribution in [3.05, 3.63) is 89.2 Å². The Hall–Kier alpha value is -2.76. The maximum Gasteiger partial charge on any atom is 0.166 e. The van der Waals surface area contributed by atoms with Crippen LogP contribution in [-0.2, 0) is 19.6 Å². The molecule has 0 aromatic heterocycles. The van der Waals surface area contributed by atoms with Gasteiger partial charge in [-0.2, -0.15) is 0 Å². The Morgan fingerprint density at radius 1 is 0.833 bits per heavy atom. The number of nitrogens with one attached hydrogen (secondary N) is 1. The molecule has 0 bridgehead atoms. The Morgan fingerprint density at radius 3 is 2.27 bits per heavy atom. The molecule has 0 fully saturated rings. The van der Waals surface area contributed by atoms with Crippen molar-refractivity contribution in [3.63, 3.8) is 0 Å². The molecule has 0 spiro atoms. The lowest BCUT2D eigenvalue weighted by Crippen LogP contribution is -2.17. The Morgan fingerprint density at radius 2 is 1.57 bits per heavy atom. The van der Waals surface area contributed by atoms with Crippen LogP contribution in [0.4, 0.5) is 4.39 Å². The first-order chi connectivity index (χ1) is 14.2. The van der Waals surface area contributed by atoms with Crippen molar-refractivity contribution < 1.29 is 18.6 Å². The summed E-state index contributed by atoms with van der Waals surface area (Å²) in [5.74, 6) is 1.85. The molecule has 0 aliphatic rings. The summed E-state index contributed by atoms with van der Waals surface area (Å²) in [6.45, 7) is 1.59. The quantitative estimate of drug-likeness (QED) is 0.449. The monoisotopic (exact) mass is 431 g/mol. The Labute approximate surface area is 183 Å². The highest BCUT2D eigenvalue weighted by molar-refractivity contribution is 5.85. The minimum atomic E-state index is -0.276. The molecule has 0 saturated heterocycles. The smallest absolute Gasteiger partial charge is 0.166 e. The summed E-state index contributed by atoms with van der Waals surface area (Å²) >= 11 is 0. The van der Waals surface area contributed by atoms with Crippen LogP contribution >= 0.6 is 12.4 Å². The molecule has 3 aromatic rings. The molecule has 0 atom stereocenters. The van der Waals surface area contributed by atoms with Crippen molar-refractivity contribution in [3.8, 4) is 17.2 Å². The van der Waals surface area contributed by atoms with E-state index in [0.717, 1.165) is 24.3 Å². The second-order valence-corrected chi connectivity index (χ2v) is 6.60. The highest BCUT2D eigenvalue weighted by atomic mass is 35.5. The molecule has 3 rings (SSSR count). The molecule has 0 heterocycles. The van der Waals surface area contributed by atoms with E-state index in [1.807, 2.05) is 30.3 Å². The molecular formula is C24H27ClFNO3. The summed E-state index contributed by atoms with van der Waals surface area (Å²) in [5.41, 5.74) is 2.72. The van der Waals surface area contributed by atoms with Gasteiger partial charge >= 0.3 is 0 Å². The predicted molar refractivity (Wildman–Crippen MR) is 119 cm³/mol. The third-order valence-electron chi connectivity index (χ3n) is 4.68. The van der Waals surface area contributed by atoms with E-state index in [1.54, 1.807) is 32.4 Å². The van der Waals surface area contributed by atoms with Crippen LogP contribution in [0, 0.1) is 5.82 Å². The zero-order valence-corrected chi connectivity index (χ0v) is 18.0. The van der Waals surface area contributed by atoms with E-state index in [4.69, 9.17) is 14.2 Å². The molecule has 0 radical (unpaired) electrons. The number of rotatable bonds is 10. The summed E-state index contributed by atoms with van der Waals surface area (Å²) in [6, 6.07) is 20.4. The van der Waals surface area contributed by atoms with Gasteiger partial charge in [0, 0.05) is 17.7 Å². The van der Waals surface area contributed by atoms with Crippen molar-refractivity contribution in [1.29, 1.82) is 0 Å². The van der Waals surface area contributed by atoms with Crippen LogP contribution in [0.5, 0.6) is 17.2 Å². The minimum Gasteiger partial charge on any atom is -0.497 e. The second-order valence-electron chi connectivity index (χ2n) is 6.60. The second kappa shape index (κ2) is 12.1. The van der Waals surface area contributed by atoms with Gasteiger partial charge in [0.15, 0.2) is 11.5 Å². The first kappa shape index (κ1) is 23.5. The predicted octanol–water partition coefficient (Wildman–Crippen LogP) is 5.18. The number of methoxy groups -OCH3 is 2. The molecule has 30 heavy (non-hydrogen) atoms. The number of hydrogen-bond donors (Lipinski definition) is 1. The third kappa shape index (κ3) is 6.37. The first-order valence-electron chi connectivity index (χ1n) is 9.57. The summed E-state index contributed by atoms with van der Waals surface area (Å²) in [7, 11) is 3.27. The maximum atomic E-state index is 13.9. The molecule has 1 N–H and O–H groups in total. The molecular weight excluding hydrogens is 405 g/mol. The minimum absolute atomic E-state index is 0. The average Bonchev–Trinajstić information content (AvgIpc) is 2.76. The zero-order valence-electron chi connectivity index (χ0n) is 17.2. The lowest BCUT2D eigenvalue weighted by Gasteiger charge is -2.16. The van der Waals surface area contributed by atoms with Gasteiger partial charge < -0.3 is 19.5 Å². The van der Waals surface area contributed by atoms with Gasteiger partial charge in [-0.15, -0.1) is 12.4 Å². The molecule has 6 heteroatoms. The molecule has 0 aliphatic heterocycles. The SMILES string of the molecule is COc1ccc(CCNCc2cccc(OC)c2OCc2ccccc2F)cc1.Cl. The van der Waals surface area contributed by atoms with E-state index in [9.17, 15) is 4.39 Å². The van der Waals surface area contributed by atoms with Crippen LogP contribution < -0.4 is 19.5 Å². The van der Waals surface area contributed by atoms with Gasteiger partial charge in [0.05, 0.1) is 14.2 Å². The average molecular weight is 432 g/mol. The van der Waals surface area contributed by atoms with Gasteiger partial charge in [0.2, 0.25) is 0 Å². The Bertz CT molecular complexity index is 919. The topological polar surface area (TPSA) is 39.7 Å². The van der Waals surface area contributed by atoms with Crippen molar-refractivity contribution in [1.82, 2.24) is 5.32 Å². The molecule has 3 aromatic carbocycles. The highest BCUT2D eigenvalue weighted by Gasteiger charge is 2.12. The fraction of sp³-hybridized carbons (Fsp3) is 0.250. The van der Waals surface area contributed by atoms with Crippen LogP contribution in [0.3, 0.4) is 0 Å². The normalized spacial score (nSPS) is 10.2. The van der Waals surface area contributed by atoms with Gasteiger partial charge in [0.1, 0.15) is 18.2 Å². The molecule has 0 amide bonds. The zero-order chi connectivity index (χ0) is 20.5. The van der Waals surface area contributed by atoms with Gasteiger partial charge in [0.25, 0.3) is 0 Å². The van der Waals surface area contributed by atoms with E-state index in [0.29, 0.717) is 23.6 Å². The lowest BCUT2D eigenvalue weighted by atomic mass is 10.1. The van der Waals surface area contributed by atoms with Gasteiger partial charge in [-0.3, -0.25) is 0 Å². The van der Waals surface area contributed by atoms with E-state index in [2.05, 4.69) is 17.4 Å². The van der Waals surface area contributed by atoms with E-state index in [1.165, 1.54) is 11.6 Å². The standard InChI is InChI=1S/C24H26FNO3.ClH/c1-27-21-12-10-18(11-13-21)14-15-26-16-19-7-5-9-23(28-2)24(19)29-17-20-6-3-4-8-22(20)25;/h3-13,26H,14-17H2,1-2H3;1H. The summed E-state index contributed by atoms with van der Waals surface area (Å²) in [6.07, 6.45) is 0.902. The Balaban J connectivity index is 0.00000320. The number of ether oxygens (including phenoxy) is 3. The fourth-order valence-corrected chi connectivity index (χ4v) is 3.04. The largest absolute Gasteiger partial charge is 0.497 e. The van der Waals surface area contributed by atoms with E-state index in [-0.39, 0.29) is 24.8 Å². The number of para-hydroxylation sites is 1. The molecule has 0 saturated carbocycles. The fourth-order valence-electron chi connectivity index (χ4n) is 3.04. The molecule has 0 aliphatic carbocycles. The van der Waals surface area contributed by atoms with E-state index >= 15 is 0 Å². The van der Waals surface area contributed by atoms with Gasteiger partial charge in [-0.25, -0.2) is 4.39 Å². The highest BCUT2D eigenvalue weighted by Crippen LogP contribution is 2.32. The van der Waals surface area contributed by atoms with Crippen LogP contribution in [0.25, 0.3) is 0 Å². The molecule has 160 valence electrons. The van der Waals surface area contributed by atoms with E-state index < -0.39 is 0 Å². The van der Waals surface area contributed by atoms with Crippen molar-refractivity contribution in [2.45, 2.75) is 19.6 Å². The molecule has 4 nitrogen and oxygen atoms in total. The number of hydrogen-bond acceptors (Lipinski definition) is 4. The van der Waals surface area contributed by atoms with Crippen molar-refractivity contribution in [2.75, 3.05) is 20.8 Å². The summed E-state index contributed by atoms with van der Waals surface area (Å²) in [4.78, 5) is 0. The number of benzene rings is 3. The van der Waals surface area contributed by atoms with Crippen LogP contribution in [0.1, 0.15) is 16.7 Å². The summed E-state index contributed by atoms with van der Waals surface area (Å²) < 4.78 is 30.5. The van der Waals surface area contributed by atoms with Gasteiger partial charge in [-0.05, 0) is 42.8 Å². The van der Waals surface area contributed by atoms with Crippen molar-refractivity contribution >= 4 is 12.4 Å². The van der Waals surface area contributed by atoms with Crippen LogP contribution in [0.2, 0.25) is 0 Å². The summed E-state index contributed by atoms with van der Waals surface area (Å²) in [5, 5.41) is 3.44. The maximum absolute atomic E-state index is 13.9. The Kier molecular flexibility index (Phi) is 9.45. The van der Waals surface area contributed by atoms with Crippen LogP contribution in [-0.4, -0.2) is 20.8 Å². The molecule has 0 unspecified atom stereocenters. The van der Waals surface area contributed by atoms with Gasteiger partial charge in [-0.1, -0.05) is 42.5 Å². The first-order valence-corrected chi connectivity index (χ1v) is 9.57.